The van der Waals surface area contributed by atoms with Gasteiger partial charge in [0.25, 0.3) is 0 Å². The predicted octanol–water partition coefficient (Wildman–Crippen LogP) is 1.39. The molecule has 1 rings (SSSR count). The van der Waals surface area contributed by atoms with Crippen molar-refractivity contribution < 1.29 is 19.4 Å². The minimum atomic E-state index is -0.718. The number of carbonyl (C=O) groups is 2. The van der Waals surface area contributed by atoms with Crippen LogP contribution in [0.2, 0.25) is 0 Å². The monoisotopic (exact) mass is 265 g/mol. The summed E-state index contributed by atoms with van der Waals surface area (Å²) in [5.74, 6) is -0.590. The van der Waals surface area contributed by atoms with Gasteiger partial charge in [0.1, 0.15) is 11.8 Å². The first-order chi connectivity index (χ1) is 8.88. The van der Waals surface area contributed by atoms with Gasteiger partial charge in [0.05, 0.1) is 6.10 Å². The molecule has 1 amide bonds. The quantitative estimate of drug-likeness (QED) is 0.789. The highest BCUT2D eigenvalue weighted by atomic mass is 16.5. The first-order valence-electron chi connectivity index (χ1n) is 6.14. The number of aromatic hydroxyl groups is 1. The molecule has 0 heterocycles. The number of amides is 1. The van der Waals surface area contributed by atoms with Gasteiger partial charge in [-0.25, -0.2) is 4.79 Å². The average Bonchev–Trinajstić information content (AvgIpc) is 2.29. The van der Waals surface area contributed by atoms with Crippen molar-refractivity contribution in [2.75, 3.05) is 0 Å². The molecule has 0 saturated heterocycles. The fraction of sp³-hybridized carbons (Fsp3) is 0.429. The van der Waals surface area contributed by atoms with E-state index in [1.54, 1.807) is 26.0 Å². The third-order valence-corrected chi connectivity index (χ3v) is 2.39. The van der Waals surface area contributed by atoms with Crippen LogP contribution in [0.15, 0.2) is 24.3 Å². The molecule has 104 valence electrons. The summed E-state index contributed by atoms with van der Waals surface area (Å²) in [6.07, 6.45) is 0.0920. The highest BCUT2D eigenvalue weighted by Gasteiger charge is 2.22. The summed E-state index contributed by atoms with van der Waals surface area (Å²) in [6, 6.07) is 5.76. The molecule has 5 nitrogen and oxygen atoms in total. The highest BCUT2D eigenvalue weighted by Crippen LogP contribution is 2.12. The summed E-state index contributed by atoms with van der Waals surface area (Å²) < 4.78 is 5.11. The van der Waals surface area contributed by atoms with Crippen molar-refractivity contribution in [3.05, 3.63) is 29.8 Å². The molecule has 0 aromatic heterocycles. The van der Waals surface area contributed by atoms with E-state index in [2.05, 4.69) is 5.32 Å². The number of phenolic OH excluding ortho intramolecular Hbond substituents is 1. The minimum absolute atomic E-state index is 0.157. The average molecular weight is 265 g/mol. The number of nitrogens with one attached hydrogen (secondary N) is 1. The maximum atomic E-state index is 11.9. The van der Waals surface area contributed by atoms with Gasteiger partial charge in [-0.15, -0.1) is 0 Å². The van der Waals surface area contributed by atoms with Crippen LogP contribution in [0.4, 0.5) is 0 Å². The Morgan fingerprint density at radius 3 is 2.32 bits per heavy atom. The van der Waals surface area contributed by atoms with Gasteiger partial charge in [0, 0.05) is 13.3 Å². The second-order valence-electron chi connectivity index (χ2n) is 4.61. The standard InChI is InChI=1S/C14H19NO4/c1-9(2)19-14(18)13(15-10(3)16)8-11-4-6-12(17)7-5-11/h4-7,9,13,17H,8H2,1-3H3,(H,15,16)/t13-/m0/s1. The normalized spacial score (nSPS) is 12.0. The Labute approximate surface area is 112 Å². The van der Waals surface area contributed by atoms with E-state index in [1.807, 2.05) is 0 Å². The third-order valence-electron chi connectivity index (χ3n) is 2.39. The van der Waals surface area contributed by atoms with Gasteiger partial charge in [-0.1, -0.05) is 12.1 Å². The lowest BCUT2D eigenvalue weighted by atomic mass is 10.1. The van der Waals surface area contributed by atoms with Gasteiger partial charge >= 0.3 is 5.97 Å². The van der Waals surface area contributed by atoms with Crippen LogP contribution in [0.3, 0.4) is 0 Å². The zero-order valence-electron chi connectivity index (χ0n) is 11.3. The number of phenols is 1. The smallest absolute Gasteiger partial charge is 0.329 e. The summed E-state index contributed by atoms with van der Waals surface area (Å²) in [5.41, 5.74) is 0.831. The van der Waals surface area contributed by atoms with Gasteiger partial charge in [0.15, 0.2) is 0 Å². The Kier molecular flexibility index (Phi) is 5.36. The molecule has 1 aromatic rings. The van der Waals surface area contributed by atoms with Gasteiger partial charge in [-0.05, 0) is 31.5 Å². The highest BCUT2D eigenvalue weighted by molar-refractivity contribution is 5.83. The molecule has 5 heteroatoms. The minimum Gasteiger partial charge on any atom is -0.508 e. The Bertz CT molecular complexity index is 439. The van der Waals surface area contributed by atoms with Crippen molar-refractivity contribution >= 4 is 11.9 Å². The fourth-order valence-corrected chi connectivity index (χ4v) is 1.62. The molecule has 1 aromatic carbocycles. The molecule has 0 bridgehead atoms. The maximum Gasteiger partial charge on any atom is 0.329 e. The lowest BCUT2D eigenvalue weighted by Crippen LogP contribution is -2.43. The van der Waals surface area contributed by atoms with E-state index in [0.29, 0.717) is 6.42 Å². The maximum absolute atomic E-state index is 11.9. The Morgan fingerprint density at radius 1 is 1.26 bits per heavy atom. The second kappa shape index (κ2) is 6.78. The number of hydrogen-bond acceptors (Lipinski definition) is 4. The number of hydrogen-bond donors (Lipinski definition) is 2. The lowest BCUT2D eigenvalue weighted by Gasteiger charge is -2.18. The number of carbonyl (C=O) groups excluding carboxylic acids is 2. The topological polar surface area (TPSA) is 75.6 Å². The number of rotatable bonds is 5. The number of benzene rings is 1. The third kappa shape index (κ3) is 5.42. The Balaban J connectivity index is 2.76. The van der Waals surface area contributed by atoms with Crippen LogP contribution in [0.25, 0.3) is 0 Å². The van der Waals surface area contributed by atoms with Gasteiger partial charge in [-0.3, -0.25) is 4.79 Å². The summed E-state index contributed by atoms with van der Waals surface area (Å²) >= 11 is 0. The van der Waals surface area contributed by atoms with E-state index >= 15 is 0 Å². The predicted molar refractivity (Wildman–Crippen MR) is 70.6 cm³/mol. The van der Waals surface area contributed by atoms with Crippen molar-refractivity contribution in [1.29, 1.82) is 0 Å². The zero-order chi connectivity index (χ0) is 14.4. The first-order valence-corrected chi connectivity index (χ1v) is 6.14. The molecule has 0 saturated carbocycles. The molecule has 2 N–H and O–H groups in total. The van der Waals surface area contributed by atoms with E-state index in [4.69, 9.17) is 4.74 Å². The summed E-state index contributed by atoms with van der Waals surface area (Å²) in [5, 5.41) is 11.8. The largest absolute Gasteiger partial charge is 0.508 e. The molecule has 0 fully saturated rings. The van der Waals surface area contributed by atoms with Crippen LogP contribution in [0.1, 0.15) is 26.3 Å². The molecular formula is C14H19NO4. The summed E-state index contributed by atoms with van der Waals surface area (Å²) in [6.45, 7) is 4.86. The van der Waals surface area contributed by atoms with Crippen molar-refractivity contribution in [2.45, 2.75) is 39.3 Å². The van der Waals surface area contributed by atoms with Gasteiger partial charge in [0.2, 0.25) is 5.91 Å². The van der Waals surface area contributed by atoms with Gasteiger partial charge < -0.3 is 15.2 Å². The molecule has 0 aliphatic rings. The van der Waals surface area contributed by atoms with Crippen LogP contribution in [-0.2, 0) is 20.7 Å². The van der Waals surface area contributed by atoms with Crippen LogP contribution in [0, 0.1) is 0 Å². The molecular weight excluding hydrogens is 246 g/mol. The van der Waals surface area contributed by atoms with Crippen molar-refractivity contribution in [1.82, 2.24) is 5.32 Å². The molecule has 0 spiro atoms. The zero-order valence-corrected chi connectivity index (χ0v) is 11.3. The van der Waals surface area contributed by atoms with E-state index in [1.165, 1.54) is 19.1 Å². The van der Waals surface area contributed by atoms with Crippen LogP contribution in [-0.4, -0.2) is 29.1 Å². The molecule has 19 heavy (non-hydrogen) atoms. The molecule has 0 aliphatic heterocycles. The van der Waals surface area contributed by atoms with Crippen LogP contribution < -0.4 is 5.32 Å². The second-order valence-corrected chi connectivity index (χ2v) is 4.61. The van der Waals surface area contributed by atoms with Crippen molar-refractivity contribution in [3.63, 3.8) is 0 Å². The Morgan fingerprint density at radius 2 is 1.84 bits per heavy atom. The number of esters is 1. The first kappa shape index (κ1) is 15.0. The van der Waals surface area contributed by atoms with E-state index in [9.17, 15) is 14.7 Å². The lowest BCUT2D eigenvalue weighted by molar-refractivity contribution is -0.151. The SMILES string of the molecule is CC(=O)N[C@@H](Cc1ccc(O)cc1)C(=O)OC(C)C. The molecule has 1 atom stereocenters. The van der Waals surface area contributed by atoms with E-state index in [0.717, 1.165) is 5.56 Å². The molecule has 0 aliphatic carbocycles. The van der Waals surface area contributed by atoms with Crippen molar-refractivity contribution in [2.24, 2.45) is 0 Å². The summed E-state index contributed by atoms with van der Waals surface area (Å²) in [4.78, 5) is 23.0. The fourth-order valence-electron chi connectivity index (χ4n) is 1.62. The molecule has 0 radical (unpaired) electrons. The van der Waals surface area contributed by atoms with E-state index in [-0.39, 0.29) is 17.8 Å². The molecule has 0 unspecified atom stereocenters. The number of ether oxygens (including phenoxy) is 1. The van der Waals surface area contributed by atoms with Gasteiger partial charge in [-0.2, -0.15) is 0 Å². The van der Waals surface area contributed by atoms with E-state index < -0.39 is 12.0 Å². The van der Waals surface area contributed by atoms with Crippen molar-refractivity contribution in [3.8, 4) is 5.75 Å². The van der Waals surface area contributed by atoms with Crippen LogP contribution >= 0.6 is 0 Å². The van der Waals surface area contributed by atoms with Crippen LogP contribution in [0.5, 0.6) is 5.75 Å². The summed E-state index contributed by atoms with van der Waals surface area (Å²) in [7, 11) is 0. The Hall–Kier alpha value is -2.04.